The fourth-order valence-electron chi connectivity index (χ4n) is 1.98. The zero-order valence-electron chi connectivity index (χ0n) is 11.1. The molecule has 6 nitrogen and oxygen atoms in total. The summed E-state index contributed by atoms with van der Waals surface area (Å²) in [5.41, 5.74) is 0.538. The van der Waals surface area contributed by atoms with Gasteiger partial charge in [-0.2, -0.15) is 0 Å². The van der Waals surface area contributed by atoms with Crippen LogP contribution in [-0.2, 0) is 6.42 Å². The summed E-state index contributed by atoms with van der Waals surface area (Å²) in [6.07, 6.45) is 0.684. The first kappa shape index (κ1) is 14.5. The Morgan fingerprint density at radius 2 is 2.05 bits per heavy atom. The third kappa shape index (κ3) is 2.67. The van der Waals surface area contributed by atoms with Gasteiger partial charge in [-0.1, -0.05) is 26.0 Å². The number of para-hydroxylation sites is 2. The fraction of sp³-hybridized carbons (Fsp3) is 0.308. The largest absolute Gasteiger partial charge is 0.294 e. The van der Waals surface area contributed by atoms with E-state index in [4.69, 9.17) is 0 Å². The average molecular weight is 340 g/mol. The average Bonchev–Trinajstić information content (AvgIpc) is 2.66. The van der Waals surface area contributed by atoms with Gasteiger partial charge in [-0.25, -0.2) is 4.68 Å². The number of aromatic amines is 1. The number of hydrogen-bond donors (Lipinski definition) is 1. The van der Waals surface area contributed by atoms with E-state index < -0.39 is 4.92 Å². The highest BCUT2D eigenvalue weighted by molar-refractivity contribution is 9.10. The van der Waals surface area contributed by atoms with E-state index in [1.54, 1.807) is 18.2 Å². The molecule has 0 aliphatic rings. The standard InChI is InChI=1S/C13H14BrN3O3/c1-8(2)7-9-12(14)13(18)16(15-9)10-5-3-4-6-11(10)17(19)20/h3-6,8,15H,7H2,1-2H3. The van der Waals surface area contributed by atoms with E-state index in [2.05, 4.69) is 21.0 Å². The number of aromatic nitrogens is 2. The van der Waals surface area contributed by atoms with Crippen molar-refractivity contribution in [3.8, 4) is 5.69 Å². The zero-order valence-corrected chi connectivity index (χ0v) is 12.7. The van der Waals surface area contributed by atoms with Crippen LogP contribution < -0.4 is 5.56 Å². The Labute approximate surface area is 123 Å². The lowest BCUT2D eigenvalue weighted by atomic mass is 10.1. The van der Waals surface area contributed by atoms with Crippen LogP contribution in [0.25, 0.3) is 5.69 Å². The molecule has 0 amide bonds. The summed E-state index contributed by atoms with van der Waals surface area (Å²) in [5, 5.41) is 14.0. The van der Waals surface area contributed by atoms with Crippen LogP contribution in [0.1, 0.15) is 19.5 Å². The Morgan fingerprint density at radius 3 is 2.65 bits per heavy atom. The van der Waals surface area contributed by atoms with Gasteiger partial charge in [0.15, 0.2) is 0 Å². The van der Waals surface area contributed by atoms with Crippen LogP contribution in [0.2, 0.25) is 0 Å². The molecule has 0 radical (unpaired) electrons. The van der Waals surface area contributed by atoms with E-state index in [0.29, 0.717) is 16.8 Å². The number of nitrogens with one attached hydrogen (secondary N) is 1. The predicted octanol–water partition coefficient (Wildman–Crippen LogP) is 3.03. The van der Waals surface area contributed by atoms with Crippen LogP contribution in [0.15, 0.2) is 33.5 Å². The van der Waals surface area contributed by atoms with Gasteiger partial charge < -0.3 is 0 Å². The molecular weight excluding hydrogens is 326 g/mol. The maximum atomic E-state index is 12.2. The Hall–Kier alpha value is -1.89. The minimum atomic E-state index is -0.501. The quantitative estimate of drug-likeness (QED) is 0.686. The molecule has 0 saturated carbocycles. The molecule has 1 aromatic carbocycles. The van der Waals surface area contributed by atoms with E-state index in [9.17, 15) is 14.9 Å². The third-order valence-electron chi connectivity index (χ3n) is 2.83. The summed E-state index contributed by atoms with van der Waals surface area (Å²) in [7, 11) is 0. The second-order valence-corrected chi connectivity index (χ2v) is 5.68. The molecule has 0 spiro atoms. The zero-order chi connectivity index (χ0) is 14.9. The number of nitro benzene ring substituents is 1. The van der Waals surface area contributed by atoms with Gasteiger partial charge in [0.1, 0.15) is 10.2 Å². The van der Waals surface area contributed by atoms with Crippen molar-refractivity contribution in [1.29, 1.82) is 0 Å². The Morgan fingerprint density at radius 1 is 1.40 bits per heavy atom. The van der Waals surface area contributed by atoms with Crippen LogP contribution in [0, 0.1) is 16.0 Å². The van der Waals surface area contributed by atoms with Crippen molar-refractivity contribution in [2.75, 3.05) is 0 Å². The summed E-state index contributed by atoms with van der Waals surface area (Å²) in [5.74, 6) is 0.364. The molecule has 0 bridgehead atoms. The van der Waals surface area contributed by atoms with E-state index >= 15 is 0 Å². The van der Waals surface area contributed by atoms with Crippen LogP contribution in [-0.4, -0.2) is 14.7 Å². The first-order valence-electron chi connectivity index (χ1n) is 6.15. The topological polar surface area (TPSA) is 80.9 Å². The van der Waals surface area contributed by atoms with E-state index in [1.807, 2.05) is 13.8 Å². The number of nitro groups is 1. The van der Waals surface area contributed by atoms with E-state index in [1.165, 1.54) is 10.7 Å². The highest BCUT2D eigenvalue weighted by Crippen LogP contribution is 2.22. The molecule has 20 heavy (non-hydrogen) atoms. The van der Waals surface area contributed by atoms with Crippen molar-refractivity contribution in [3.05, 3.63) is 54.9 Å². The Bertz CT molecular complexity index is 703. The second kappa shape index (κ2) is 5.62. The molecule has 0 fully saturated rings. The lowest BCUT2D eigenvalue weighted by molar-refractivity contribution is -0.384. The van der Waals surface area contributed by atoms with Crippen molar-refractivity contribution in [2.45, 2.75) is 20.3 Å². The van der Waals surface area contributed by atoms with Crippen LogP contribution in [0.3, 0.4) is 0 Å². The SMILES string of the molecule is CC(C)Cc1[nH]n(-c2ccccc2[N+](=O)[O-])c(=O)c1Br. The van der Waals surface area contributed by atoms with Gasteiger partial charge in [0.25, 0.3) is 11.2 Å². The van der Waals surface area contributed by atoms with Crippen LogP contribution >= 0.6 is 15.9 Å². The van der Waals surface area contributed by atoms with E-state index in [0.717, 1.165) is 5.69 Å². The fourth-order valence-corrected chi connectivity index (χ4v) is 2.41. The molecule has 2 aromatic rings. The Balaban J connectivity index is 2.60. The van der Waals surface area contributed by atoms with Crippen molar-refractivity contribution >= 4 is 21.6 Å². The maximum absolute atomic E-state index is 12.2. The lowest BCUT2D eigenvalue weighted by Gasteiger charge is -2.04. The molecule has 1 N–H and O–H groups in total. The van der Waals surface area contributed by atoms with Crippen LogP contribution in [0.4, 0.5) is 5.69 Å². The molecule has 7 heteroatoms. The van der Waals surface area contributed by atoms with Gasteiger partial charge in [-0.3, -0.25) is 20.0 Å². The number of nitrogens with zero attached hydrogens (tertiary/aromatic N) is 2. The molecule has 0 saturated heterocycles. The summed E-state index contributed by atoms with van der Waals surface area (Å²) in [6, 6.07) is 6.14. The predicted molar refractivity (Wildman–Crippen MR) is 79.3 cm³/mol. The Kier molecular flexibility index (Phi) is 4.08. The van der Waals surface area contributed by atoms with Gasteiger partial charge in [-0.05, 0) is 34.3 Å². The summed E-state index contributed by atoms with van der Waals surface area (Å²) < 4.78 is 1.63. The molecule has 1 aromatic heterocycles. The molecular formula is C13H14BrN3O3. The van der Waals surface area contributed by atoms with Crippen molar-refractivity contribution in [3.63, 3.8) is 0 Å². The lowest BCUT2D eigenvalue weighted by Crippen LogP contribution is -2.16. The first-order chi connectivity index (χ1) is 9.41. The summed E-state index contributed by atoms with van der Waals surface area (Å²) >= 11 is 3.25. The van der Waals surface area contributed by atoms with Crippen molar-refractivity contribution in [1.82, 2.24) is 9.78 Å². The smallest absolute Gasteiger partial charge is 0.294 e. The normalized spacial score (nSPS) is 11.0. The molecule has 0 aliphatic carbocycles. The molecule has 106 valence electrons. The van der Waals surface area contributed by atoms with Gasteiger partial charge in [0.05, 0.1) is 10.6 Å². The number of benzene rings is 1. The minimum absolute atomic E-state index is 0.112. The van der Waals surface area contributed by atoms with Gasteiger partial charge in [-0.15, -0.1) is 0 Å². The number of rotatable bonds is 4. The molecule has 0 atom stereocenters. The molecule has 0 unspecified atom stereocenters. The van der Waals surface area contributed by atoms with Gasteiger partial charge in [0.2, 0.25) is 0 Å². The highest BCUT2D eigenvalue weighted by Gasteiger charge is 2.20. The monoisotopic (exact) mass is 339 g/mol. The van der Waals surface area contributed by atoms with E-state index in [-0.39, 0.29) is 16.9 Å². The molecule has 0 aliphatic heterocycles. The number of H-pyrrole nitrogens is 1. The summed E-state index contributed by atoms with van der Waals surface area (Å²) in [6.45, 7) is 4.07. The summed E-state index contributed by atoms with van der Waals surface area (Å²) in [4.78, 5) is 22.7. The van der Waals surface area contributed by atoms with Gasteiger partial charge >= 0.3 is 0 Å². The third-order valence-corrected chi connectivity index (χ3v) is 3.65. The number of halogens is 1. The molecule has 1 heterocycles. The molecule has 2 rings (SSSR count). The van der Waals surface area contributed by atoms with Crippen LogP contribution in [0.5, 0.6) is 0 Å². The highest BCUT2D eigenvalue weighted by atomic mass is 79.9. The van der Waals surface area contributed by atoms with Crippen molar-refractivity contribution in [2.24, 2.45) is 5.92 Å². The minimum Gasteiger partial charge on any atom is -0.294 e. The second-order valence-electron chi connectivity index (χ2n) is 4.89. The first-order valence-corrected chi connectivity index (χ1v) is 6.94. The van der Waals surface area contributed by atoms with Gasteiger partial charge in [0, 0.05) is 6.07 Å². The maximum Gasteiger partial charge on any atom is 0.294 e. The number of hydrogen-bond acceptors (Lipinski definition) is 3. The van der Waals surface area contributed by atoms with Crippen molar-refractivity contribution < 1.29 is 4.92 Å².